The van der Waals surface area contributed by atoms with Gasteiger partial charge in [-0.15, -0.1) is 0 Å². The van der Waals surface area contributed by atoms with Crippen LogP contribution in [0.2, 0.25) is 0 Å². The van der Waals surface area contributed by atoms with Gasteiger partial charge in [0, 0.05) is 25.7 Å². The maximum absolute atomic E-state index is 12.2. The summed E-state index contributed by atoms with van der Waals surface area (Å²) in [6.07, 6.45) is 3.99. The van der Waals surface area contributed by atoms with E-state index in [-0.39, 0.29) is 22.6 Å². The second-order valence-corrected chi connectivity index (χ2v) is 7.40. The lowest BCUT2D eigenvalue weighted by atomic mass is 10.2. The number of carbonyl (C=O) groups is 1. The normalized spacial score (nSPS) is 18.0. The maximum atomic E-state index is 12.2. The number of likely N-dealkylation sites (N-methyl/N-ethyl adjacent to an activating group) is 1. The Balaban J connectivity index is 2.20. The molecule has 0 aromatic heterocycles. The summed E-state index contributed by atoms with van der Waals surface area (Å²) in [6, 6.07) is 4.94. The average molecular weight is 353 g/mol. The molecule has 1 unspecified atom stereocenters. The lowest BCUT2D eigenvalue weighted by molar-refractivity contribution is -0.126. The molecule has 0 bridgehead atoms. The van der Waals surface area contributed by atoms with Crippen molar-refractivity contribution in [3.63, 3.8) is 0 Å². The Kier molecular flexibility index (Phi) is 5.98. The van der Waals surface area contributed by atoms with E-state index in [1.807, 2.05) is 0 Å². The summed E-state index contributed by atoms with van der Waals surface area (Å²) in [7, 11) is 0.878. The first kappa shape index (κ1) is 18.4. The number of ether oxygens (including phenoxy) is 1. The van der Waals surface area contributed by atoms with Crippen molar-refractivity contribution in [3.05, 3.63) is 29.8 Å². The van der Waals surface area contributed by atoms with Crippen molar-refractivity contribution >= 4 is 22.0 Å². The monoisotopic (exact) mass is 353 g/mol. The largest absolute Gasteiger partial charge is 0.495 e. The SMILES string of the molecule is CNS(=O)(=O)c1cc(/C=C/C(=O)N(C)C2CCNC2)ccc1OC. The Labute approximate surface area is 142 Å². The van der Waals surface area contributed by atoms with Gasteiger partial charge in [-0.2, -0.15) is 0 Å². The van der Waals surface area contributed by atoms with Gasteiger partial charge in [-0.1, -0.05) is 6.07 Å². The highest BCUT2D eigenvalue weighted by molar-refractivity contribution is 7.89. The second kappa shape index (κ2) is 7.78. The van der Waals surface area contributed by atoms with E-state index >= 15 is 0 Å². The van der Waals surface area contributed by atoms with E-state index in [9.17, 15) is 13.2 Å². The molecular formula is C16H23N3O4S. The van der Waals surface area contributed by atoms with Gasteiger partial charge in [-0.3, -0.25) is 4.79 Å². The number of hydrogen-bond acceptors (Lipinski definition) is 5. The van der Waals surface area contributed by atoms with E-state index < -0.39 is 10.0 Å². The maximum Gasteiger partial charge on any atom is 0.246 e. The number of nitrogens with one attached hydrogen (secondary N) is 2. The molecule has 24 heavy (non-hydrogen) atoms. The van der Waals surface area contributed by atoms with Gasteiger partial charge in [0.1, 0.15) is 10.6 Å². The summed E-state index contributed by atoms with van der Waals surface area (Å²) in [5, 5.41) is 3.22. The van der Waals surface area contributed by atoms with Crippen LogP contribution < -0.4 is 14.8 Å². The van der Waals surface area contributed by atoms with Crippen molar-refractivity contribution < 1.29 is 17.9 Å². The Morgan fingerprint density at radius 2 is 2.21 bits per heavy atom. The topological polar surface area (TPSA) is 87.7 Å². The molecule has 8 heteroatoms. The summed E-state index contributed by atoms with van der Waals surface area (Å²) in [5.74, 6) is 0.138. The van der Waals surface area contributed by atoms with Crippen molar-refractivity contribution in [2.75, 3.05) is 34.3 Å². The molecule has 1 aliphatic heterocycles. The van der Waals surface area contributed by atoms with Crippen LogP contribution in [-0.4, -0.2) is 59.6 Å². The minimum absolute atomic E-state index is 0.0375. The molecule has 1 aromatic carbocycles. The number of amides is 1. The molecule has 1 amide bonds. The summed E-state index contributed by atoms with van der Waals surface area (Å²) in [4.78, 5) is 14.0. The van der Waals surface area contributed by atoms with Crippen LogP contribution in [0.25, 0.3) is 6.08 Å². The molecule has 0 aliphatic carbocycles. The molecule has 1 aliphatic rings. The van der Waals surface area contributed by atoms with Gasteiger partial charge in [0.15, 0.2) is 0 Å². The number of methoxy groups -OCH3 is 1. The molecule has 0 spiro atoms. The Bertz CT molecular complexity index is 725. The molecule has 1 heterocycles. The number of nitrogens with zero attached hydrogens (tertiary/aromatic N) is 1. The van der Waals surface area contributed by atoms with Crippen LogP contribution >= 0.6 is 0 Å². The van der Waals surface area contributed by atoms with Gasteiger partial charge < -0.3 is 15.0 Å². The molecule has 132 valence electrons. The molecule has 1 saturated heterocycles. The first-order chi connectivity index (χ1) is 11.4. The average Bonchev–Trinajstić information content (AvgIpc) is 3.13. The fraction of sp³-hybridized carbons (Fsp3) is 0.438. The van der Waals surface area contributed by atoms with Gasteiger partial charge in [0.05, 0.1) is 7.11 Å². The molecule has 0 saturated carbocycles. The van der Waals surface area contributed by atoms with Gasteiger partial charge in [-0.25, -0.2) is 13.1 Å². The highest BCUT2D eigenvalue weighted by Crippen LogP contribution is 2.25. The number of hydrogen-bond donors (Lipinski definition) is 2. The van der Waals surface area contributed by atoms with E-state index in [2.05, 4.69) is 10.0 Å². The smallest absolute Gasteiger partial charge is 0.246 e. The standard InChI is InChI=1S/C16H23N3O4S/c1-17-24(21,22)15-10-12(4-6-14(15)23-3)5-7-16(20)19(2)13-8-9-18-11-13/h4-7,10,13,17-18H,8-9,11H2,1-3H3/b7-5+. The minimum atomic E-state index is -3.64. The zero-order chi connectivity index (χ0) is 17.7. The molecule has 7 nitrogen and oxygen atoms in total. The third kappa shape index (κ3) is 4.14. The van der Waals surface area contributed by atoms with Crippen LogP contribution in [0.1, 0.15) is 12.0 Å². The molecule has 1 fully saturated rings. The van der Waals surface area contributed by atoms with Crippen LogP contribution in [0, 0.1) is 0 Å². The van der Waals surface area contributed by atoms with Gasteiger partial charge >= 0.3 is 0 Å². The second-order valence-electron chi connectivity index (χ2n) is 5.55. The molecule has 1 aromatic rings. The van der Waals surface area contributed by atoms with Crippen molar-refractivity contribution in [3.8, 4) is 5.75 Å². The van der Waals surface area contributed by atoms with E-state index in [4.69, 9.17) is 4.74 Å². The Morgan fingerprint density at radius 3 is 2.79 bits per heavy atom. The van der Waals surface area contributed by atoms with Crippen molar-refractivity contribution in [2.45, 2.75) is 17.4 Å². The third-order valence-corrected chi connectivity index (χ3v) is 5.53. The van der Waals surface area contributed by atoms with Crippen LogP contribution in [0.3, 0.4) is 0 Å². The van der Waals surface area contributed by atoms with E-state index in [1.54, 1.807) is 30.2 Å². The summed E-state index contributed by atoms with van der Waals surface area (Å²) in [5.41, 5.74) is 0.607. The van der Waals surface area contributed by atoms with Crippen LogP contribution in [-0.2, 0) is 14.8 Å². The van der Waals surface area contributed by atoms with E-state index in [0.29, 0.717) is 5.56 Å². The fourth-order valence-corrected chi connectivity index (χ4v) is 3.48. The Morgan fingerprint density at radius 1 is 1.46 bits per heavy atom. The van der Waals surface area contributed by atoms with E-state index in [0.717, 1.165) is 19.5 Å². The van der Waals surface area contributed by atoms with Gasteiger partial charge in [0.2, 0.25) is 15.9 Å². The molecule has 0 radical (unpaired) electrons. The molecule has 1 atom stereocenters. The number of rotatable bonds is 6. The number of benzene rings is 1. The first-order valence-electron chi connectivity index (χ1n) is 7.66. The zero-order valence-corrected chi connectivity index (χ0v) is 14.9. The highest BCUT2D eigenvalue weighted by atomic mass is 32.2. The zero-order valence-electron chi connectivity index (χ0n) is 14.1. The predicted octanol–water partition coefficient (Wildman–Crippen LogP) is 0.437. The number of sulfonamides is 1. The predicted molar refractivity (Wildman–Crippen MR) is 92.3 cm³/mol. The summed E-state index contributed by atoms with van der Waals surface area (Å²) < 4.78 is 31.5. The van der Waals surface area contributed by atoms with Crippen molar-refractivity contribution in [1.29, 1.82) is 0 Å². The lowest BCUT2D eigenvalue weighted by Gasteiger charge is -2.22. The molecule has 2 rings (SSSR count). The van der Waals surface area contributed by atoms with Crippen LogP contribution in [0.4, 0.5) is 0 Å². The van der Waals surface area contributed by atoms with Crippen LogP contribution in [0.5, 0.6) is 5.75 Å². The van der Waals surface area contributed by atoms with E-state index in [1.165, 1.54) is 26.3 Å². The minimum Gasteiger partial charge on any atom is -0.495 e. The quantitative estimate of drug-likeness (QED) is 0.725. The van der Waals surface area contributed by atoms with Crippen molar-refractivity contribution in [2.24, 2.45) is 0 Å². The van der Waals surface area contributed by atoms with Crippen LogP contribution in [0.15, 0.2) is 29.2 Å². The third-order valence-electron chi connectivity index (χ3n) is 4.09. The van der Waals surface area contributed by atoms with Gasteiger partial charge in [0.25, 0.3) is 0 Å². The lowest BCUT2D eigenvalue weighted by Crippen LogP contribution is -2.37. The Hall–Kier alpha value is -1.90. The first-order valence-corrected chi connectivity index (χ1v) is 9.14. The summed E-state index contributed by atoms with van der Waals surface area (Å²) in [6.45, 7) is 1.71. The molecular weight excluding hydrogens is 330 g/mol. The highest BCUT2D eigenvalue weighted by Gasteiger charge is 2.22. The van der Waals surface area contributed by atoms with Crippen molar-refractivity contribution in [1.82, 2.24) is 14.9 Å². The summed E-state index contributed by atoms with van der Waals surface area (Å²) >= 11 is 0. The molecule has 2 N–H and O–H groups in total. The number of carbonyl (C=O) groups excluding carboxylic acids is 1. The fourth-order valence-electron chi connectivity index (χ4n) is 2.55. The van der Waals surface area contributed by atoms with Gasteiger partial charge in [-0.05, 0) is 43.8 Å².